The highest BCUT2D eigenvalue weighted by atomic mass is 16.6. The van der Waals surface area contributed by atoms with Gasteiger partial charge in [-0.3, -0.25) is 5.43 Å². The van der Waals surface area contributed by atoms with E-state index in [0.29, 0.717) is 0 Å². The predicted molar refractivity (Wildman–Crippen MR) is 44.0 cm³/mol. The fraction of sp³-hybridized carbons (Fsp3) is 0.857. The molecule has 1 saturated carbocycles. The number of amides is 1. The average molecular weight is 173 g/mol. The van der Waals surface area contributed by atoms with Crippen LogP contribution < -0.4 is 17.0 Å². The SMILES string of the molecule is NNC(=O)OC1CCC(N)CC1. The number of nitrogens with two attached hydrogens (primary N) is 2. The topological polar surface area (TPSA) is 90.4 Å². The highest BCUT2D eigenvalue weighted by Gasteiger charge is 2.21. The van der Waals surface area contributed by atoms with Gasteiger partial charge >= 0.3 is 6.09 Å². The first-order valence-corrected chi connectivity index (χ1v) is 4.15. The number of hydrogen-bond donors (Lipinski definition) is 3. The first-order valence-electron chi connectivity index (χ1n) is 4.15. The van der Waals surface area contributed by atoms with E-state index in [1.807, 2.05) is 5.43 Å². The van der Waals surface area contributed by atoms with Gasteiger partial charge in [0.2, 0.25) is 0 Å². The van der Waals surface area contributed by atoms with Gasteiger partial charge in [0.15, 0.2) is 0 Å². The van der Waals surface area contributed by atoms with Crippen LogP contribution in [0.15, 0.2) is 0 Å². The lowest BCUT2D eigenvalue weighted by Gasteiger charge is -2.25. The lowest BCUT2D eigenvalue weighted by Crippen LogP contribution is -2.37. The van der Waals surface area contributed by atoms with Crippen molar-refractivity contribution in [1.82, 2.24) is 5.43 Å². The number of hydrogen-bond acceptors (Lipinski definition) is 4. The number of hydrazine groups is 1. The summed E-state index contributed by atoms with van der Waals surface area (Å²) in [5.74, 6) is 4.87. The second-order valence-corrected chi connectivity index (χ2v) is 3.09. The van der Waals surface area contributed by atoms with Crippen LogP contribution in [-0.2, 0) is 4.74 Å². The molecule has 0 radical (unpaired) electrons. The normalized spacial score (nSPS) is 29.5. The van der Waals surface area contributed by atoms with Gasteiger partial charge in [-0.15, -0.1) is 0 Å². The Morgan fingerprint density at radius 2 is 1.92 bits per heavy atom. The molecule has 0 saturated heterocycles. The minimum absolute atomic E-state index is 0.00616. The van der Waals surface area contributed by atoms with Crippen LogP contribution >= 0.6 is 0 Å². The third-order valence-electron chi connectivity index (χ3n) is 2.11. The van der Waals surface area contributed by atoms with Crippen LogP contribution in [0.25, 0.3) is 0 Å². The molecule has 0 heterocycles. The lowest BCUT2D eigenvalue weighted by molar-refractivity contribution is 0.0719. The van der Waals surface area contributed by atoms with Crippen molar-refractivity contribution >= 4 is 6.09 Å². The summed E-state index contributed by atoms with van der Waals surface area (Å²) in [5.41, 5.74) is 7.61. The third kappa shape index (κ3) is 2.67. The Kier molecular flexibility index (Phi) is 3.31. The van der Waals surface area contributed by atoms with E-state index in [2.05, 4.69) is 0 Å². The van der Waals surface area contributed by atoms with E-state index in [4.69, 9.17) is 16.3 Å². The van der Waals surface area contributed by atoms with Crippen LogP contribution in [0.3, 0.4) is 0 Å². The highest BCUT2D eigenvalue weighted by molar-refractivity contribution is 5.66. The number of nitrogens with one attached hydrogen (secondary N) is 1. The van der Waals surface area contributed by atoms with Gasteiger partial charge in [-0.25, -0.2) is 10.6 Å². The van der Waals surface area contributed by atoms with Gasteiger partial charge in [-0.05, 0) is 25.7 Å². The van der Waals surface area contributed by atoms with Crippen molar-refractivity contribution in [3.8, 4) is 0 Å². The molecule has 0 aromatic rings. The van der Waals surface area contributed by atoms with E-state index in [1.165, 1.54) is 0 Å². The van der Waals surface area contributed by atoms with E-state index < -0.39 is 6.09 Å². The summed E-state index contributed by atoms with van der Waals surface area (Å²) in [6.07, 6.45) is 2.96. The molecule has 70 valence electrons. The molecule has 1 amide bonds. The molecule has 0 aromatic carbocycles. The number of ether oxygens (including phenoxy) is 1. The van der Waals surface area contributed by atoms with Crippen molar-refractivity contribution in [1.29, 1.82) is 0 Å². The molecule has 1 fully saturated rings. The van der Waals surface area contributed by atoms with Crippen LogP contribution in [0.1, 0.15) is 25.7 Å². The fourth-order valence-corrected chi connectivity index (χ4v) is 1.39. The van der Waals surface area contributed by atoms with E-state index in [9.17, 15) is 4.79 Å². The Labute approximate surface area is 71.4 Å². The first kappa shape index (κ1) is 9.28. The maximum atomic E-state index is 10.7. The third-order valence-corrected chi connectivity index (χ3v) is 2.11. The Morgan fingerprint density at radius 1 is 1.33 bits per heavy atom. The van der Waals surface area contributed by atoms with Crippen molar-refractivity contribution in [3.05, 3.63) is 0 Å². The van der Waals surface area contributed by atoms with Gasteiger partial charge in [0.05, 0.1) is 0 Å². The molecule has 1 aliphatic carbocycles. The molecule has 1 rings (SSSR count). The van der Waals surface area contributed by atoms with Crippen molar-refractivity contribution < 1.29 is 9.53 Å². The highest BCUT2D eigenvalue weighted by Crippen LogP contribution is 2.19. The molecule has 0 unspecified atom stereocenters. The molecule has 0 bridgehead atoms. The molecule has 5 heteroatoms. The van der Waals surface area contributed by atoms with E-state index in [-0.39, 0.29) is 12.1 Å². The van der Waals surface area contributed by atoms with Crippen molar-refractivity contribution in [3.63, 3.8) is 0 Å². The maximum Gasteiger partial charge on any atom is 0.421 e. The number of carbonyl (C=O) groups excluding carboxylic acids is 1. The fourth-order valence-electron chi connectivity index (χ4n) is 1.39. The molecule has 1 aliphatic rings. The smallest absolute Gasteiger partial charge is 0.421 e. The van der Waals surface area contributed by atoms with Gasteiger partial charge in [0.25, 0.3) is 0 Å². The summed E-state index contributed by atoms with van der Waals surface area (Å²) in [7, 11) is 0. The number of carbonyl (C=O) groups is 1. The van der Waals surface area contributed by atoms with E-state index in [0.717, 1.165) is 25.7 Å². The summed E-state index contributed by atoms with van der Waals surface area (Å²) >= 11 is 0. The summed E-state index contributed by atoms with van der Waals surface area (Å²) in [6.45, 7) is 0. The largest absolute Gasteiger partial charge is 0.445 e. The standard InChI is InChI=1S/C7H15N3O2/c8-5-1-3-6(4-2-5)12-7(11)10-9/h5-6H,1-4,8-9H2,(H,10,11). The molecular formula is C7H15N3O2. The van der Waals surface area contributed by atoms with Crippen LogP contribution in [0, 0.1) is 0 Å². The molecule has 0 aliphatic heterocycles. The summed E-state index contributed by atoms with van der Waals surface area (Å²) < 4.78 is 4.96. The van der Waals surface area contributed by atoms with Crippen LogP contribution in [0.5, 0.6) is 0 Å². The molecular weight excluding hydrogens is 158 g/mol. The summed E-state index contributed by atoms with van der Waals surface area (Å²) in [6, 6.07) is 0.269. The molecule has 0 spiro atoms. The van der Waals surface area contributed by atoms with Crippen LogP contribution in [0.4, 0.5) is 4.79 Å². The zero-order valence-electron chi connectivity index (χ0n) is 6.95. The maximum absolute atomic E-state index is 10.7. The van der Waals surface area contributed by atoms with Crippen LogP contribution in [-0.4, -0.2) is 18.2 Å². The molecule has 5 N–H and O–H groups in total. The predicted octanol–water partition coefficient (Wildman–Crippen LogP) is -0.144. The zero-order valence-corrected chi connectivity index (χ0v) is 6.95. The summed E-state index contributed by atoms with van der Waals surface area (Å²) in [5, 5.41) is 0. The van der Waals surface area contributed by atoms with Gasteiger partial charge in [0, 0.05) is 6.04 Å². The quantitative estimate of drug-likeness (QED) is 0.292. The second kappa shape index (κ2) is 4.27. The van der Waals surface area contributed by atoms with Gasteiger partial charge in [0.1, 0.15) is 6.10 Å². The first-order chi connectivity index (χ1) is 5.72. The van der Waals surface area contributed by atoms with Crippen LogP contribution in [0.2, 0.25) is 0 Å². The Bertz CT molecular complexity index is 155. The zero-order chi connectivity index (χ0) is 8.97. The second-order valence-electron chi connectivity index (χ2n) is 3.09. The monoisotopic (exact) mass is 173 g/mol. The van der Waals surface area contributed by atoms with Gasteiger partial charge in [-0.2, -0.15) is 0 Å². The average Bonchev–Trinajstić information content (AvgIpc) is 2.09. The van der Waals surface area contributed by atoms with E-state index in [1.54, 1.807) is 0 Å². The molecule has 0 atom stereocenters. The lowest BCUT2D eigenvalue weighted by atomic mass is 9.94. The van der Waals surface area contributed by atoms with Gasteiger partial charge < -0.3 is 10.5 Å². The molecule has 12 heavy (non-hydrogen) atoms. The molecule has 0 aromatic heterocycles. The van der Waals surface area contributed by atoms with Crippen molar-refractivity contribution in [2.75, 3.05) is 0 Å². The minimum Gasteiger partial charge on any atom is -0.445 e. The van der Waals surface area contributed by atoms with Crippen molar-refractivity contribution in [2.24, 2.45) is 11.6 Å². The Balaban J connectivity index is 2.21. The Morgan fingerprint density at radius 3 is 2.42 bits per heavy atom. The number of rotatable bonds is 1. The van der Waals surface area contributed by atoms with Crippen molar-refractivity contribution in [2.45, 2.75) is 37.8 Å². The van der Waals surface area contributed by atoms with E-state index >= 15 is 0 Å². The molecule has 5 nitrogen and oxygen atoms in total. The Hall–Kier alpha value is -0.810. The van der Waals surface area contributed by atoms with Gasteiger partial charge in [-0.1, -0.05) is 0 Å². The minimum atomic E-state index is -0.560. The summed E-state index contributed by atoms with van der Waals surface area (Å²) in [4.78, 5) is 10.7.